The van der Waals surface area contributed by atoms with E-state index in [4.69, 9.17) is 0 Å². The van der Waals surface area contributed by atoms with Crippen molar-refractivity contribution < 1.29 is 0 Å². The molecule has 0 saturated heterocycles. The molecule has 0 saturated carbocycles. The summed E-state index contributed by atoms with van der Waals surface area (Å²) in [7, 11) is 0. The van der Waals surface area contributed by atoms with Crippen molar-refractivity contribution in [1.82, 2.24) is 19.9 Å². The van der Waals surface area contributed by atoms with Gasteiger partial charge in [0.1, 0.15) is 10.0 Å². The van der Waals surface area contributed by atoms with Gasteiger partial charge in [0.15, 0.2) is 0 Å². The van der Waals surface area contributed by atoms with Crippen LogP contribution in [0, 0.1) is 0 Å². The second kappa shape index (κ2) is 11.2. The number of rotatable bonds is 4. The van der Waals surface area contributed by atoms with Crippen molar-refractivity contribution >= 4 is 89.2 Å². The number of isothiocyanates is 2. The molecule has 0 radical (unpaired) electrons. The van der Waals surface area contributed by atoms with Gasteiger partial charge in [0.2, 0.25) is 0 Å². The van der Waals surface area contributed by atoms with E-state index in [2.05, 4.69) is 64.7 Å². The number of nitrogens with zero attached hydrogens (tertiary/aromatic N) is 6. The Hall–Kier alpha value is -3.88. The number of benzene rings is 2. The molecule has 0 spiro atoms. The molecular formula is C26H14N6S4. The third-order valence-electron chi connectivity index (χ3n) is 4.91. The van der Waals surface area contributed by atoms with Crippen LogP contribution in [-0.2, 0) is 0 Å². The maximum Gasteiger partial charge on any atom is 0.126 e. The zero-order chi connectivity index (χ0) is 24.7. The van der Waals surface area contributed by atoms with E-state index in [1.165, 1.54) is 0 Å². The van der Waals surface area contributed by atoms with Crippen molar-refractivity contribution in [1.29, 1.82) is 0 Å². The summed E-state index contributed by atoms with van der Waals surface area (Å²) in [6, 6.07) is 19.4. The molecule has 0 aliphatic rings. The number of aromatic nitrogens is 4. The number of hydrogen-bond donors (Lipinski definition) is 0. The predicted octanol–water partition coefficient (Wildman–Crippen LogP) is 8.19. The normalized spacial score (nSPS) is 10.2. The van der Waals surface area contributed by atoms with Crippen LogP contribution < -0.4 is 0 Å². The molecule has 0 unspecified atom stereocenters. The van der Waals surface area contributed by atoms with Gasteiger partial charge in [-0.15, -0.1) is 22.7 Å². The summed E-state index contributed by atoms with van der Waals surface area (Å²) in [6.07, 6.45) is 7.13. The molecule has 0 fully saturated rings. The summed E-state index contributed by atoms with van der Waals surface area (Å²) >= 11 is 12.5. The van der Waals surface area contributed by atoms with Gasteiger partial charge >= 0.3 is 0 Å². The Morgan fingerprint density at radius 1 is 0.639 bits per heavy atom. The predicted molar refractivity (Wildman–Crippen MR) is 155 cm³/mol. The first-order chi connectivity index (χ1) is 17.7. The van der Waals surface area contributed by atoms with Crippen LogP contribution in [0.5, 0.6) is 0 Å². The van der Waals surface area contributed by atoms with Gasteiger partial charge in [0.25, 0.3) is 0 Å². The molecule has 6 aromatic rings. The summed E-state index contributed by atoms with van der Waals surface area (Å²) in [4.78, 5) is 25.3. The van der Waals surface area contributed by atoms with Crippen LogP contribution in [0.1, 0.15) is 0 Å². The van der Waals surface area contributed by atoms with Crippen LogP contribution in [0.3, 0.4) is 0 Å². The monoisotopic (exact) mass is 538 g/mol. The molecule has 172 valence electrons. The average Bonchev–Trinajstić information content (AvgIpc) is 3.54. The van der Waals surface area contributed by atoms with Crippen LogP contribution in [-0.4, -0.2) is 30.3 Å². The largest absolute Gasteiger partial charge is 0.264 e. The number of thiazole rings is 2. The van der Waals surface area contributed by atoms with Crippen molar-refractivity contribution in [3.05, 3.63) is 85.5 Å². The molecule has 0 amide bonds. The highest BCUT2D eigenvalue weighted by atomic mass is 32.1. The lowest BCUT2D eigenvalue weighted by atomic mass is 10.3. The zero-order valence-electron chi connectivity index (χ0n) is 18.4. The van der Waals surface area contributed by atoms with E-state index in [0.717, 1.165) is 53.0 Å². The topological polar surface area (TPSA) is 76.3 Å². The highest BCUT2D eigenvalue weighted by Gasteiger charge is 2.07. The lowest BCUT2D eigenvalue weighted by molar-refractivity contribution is 1.32. The van der Waals surface area contributed by atoms with Crippen LogP contribution >= 0.6 is 47.1 Å². The maximum atomic E-state index is 4.60. The summed E-state index contributed by atoms with van der Waals surface area (Å²) < 4.78 is 2.21. The maximum absolute atomic E-state index is 4.60. The smallest absolute Gasteiger partial charge is 0.126 e. The fraction of sp³-hybridized carbons (Fsp3) is 0. The third-order valence-corrected chi connectivity index (χ3v) is 7.24. The quantitative estimate of drug-likeness (QED) is 0.166. The minimum absolute atomic E-state index is 0.778. The van der Waals surface area contributed by atoms with Gasteiger partial charge in [-0.3, -0.25) is 9.97 Å². The first-order valence-electron chi connectivity index (χ1n) is 10.5. The van der Waals surface area contributed by atoms with Crippen LogP contribution in [0.25, 0.3) is 41.6 Å². The van der Waals surface area contributed by atoms with E-state index in [-0.39, 0.29) is 0 Å². The molecule has 6 nitrogen and oxygen atoms in total. The molecule has 6 rings (SSSR count). The molecule has 4 aromatic heterocycles. The molecule has 2 aromatic carbocycles. The fourth-order valence-electron chi connectivity index (χ4n) is 3.30. The molecule has 0 aliphatic carbocycles. The van der Waals surface area contributed by atoms with Crippen LogP contribution in [0.4, 0.5) is 11.4 Å². The van der Waals surface area contributed by atoms with Gasteiger partial charge < -0.3 is 0 Å². The molecule has 0 aliphatic heterocycles. The molecule has 36 heavy (non-hydrogen) atoms. The van der Waals surface area contributed by atoms with Gasteiger partial charge in [0, 0.05) is 35.9 Å². The lowest BCUT2D eigenvalue weighted by Crippen LogP contribution is -1.76. The number of fused-ring (bicyclic) bond motifs is 2. The van der Waals surface area contributed by atoms with E-state index in [0.29, 0.717) is 0 Å². The third kappa shape index (κ3) is 5.50. The molecule has 0 bridgehead atoms. The minimum Gasteiger partial charge on any atom is -0.264 e. The van der Waals surface area contributed by atoms with E-state index >= 15 is 0 Å². The molecule has 0 atom stereocenters. The minimum atomic E-state index is 0.778. The highest BCUT2D eigenvalue weighted by Crippen LogP contribution is 2.32. The molecule has 4 heterocycles. The van der Waals surface area contributed by atoms with Crippen LogP contribution in [0.15, 0.2) is 95.4 Å². The Bertz CT molecular complexity index is 1620. The van der Waals surface area contributed by atoms with Crippen LogP contribution in [0.2, 0.25) is 0 Å². The van der Waals surface area contributed by atoms with E-state index in [1.807, 2.05) is 73.1 Å². The van der Waals surface area contributed by atoms with Crippen molar-refractivity contribution in [2.24, 2.45) is 9.98 Å². The number of hydrogen-bond acceptors (Lipinski definition) is 10. The summed E-state index contributed by atoms with van der Waals surface area (Å²) in [5.74, 6) is 0. The Balaban J connectivity index is 0.000000148. The van der Waals surface area contributed by atoms with E-state index in [9.17, 15) is 0 Å². The molecular weight excluding hydrogens is 525 g/mol. The summed E-state index contributed by atoms with van der Waals surface area (Å²) in [6.45, 7) is 0. The number of aliphatic imine (C=N–C) groups is 2. The first-order valence-corrected chi connectivity index (χ1v) is 13.0. The molecule has 10 heteroatoms. The van der Waals surface area contributed by atoms with Crippen molar-refractivity contribution in [3.8, 4) is 21.1 Å². The Morgan fingerprint density at radius 3 is 1.83 bits per heavy atom. The second-order valence-electron chi connectivity index (χ2n) is 7.23. The van der Waals surface area contributed by atoms with Crippen molar-refractivity contribution in [2.75, 3.05) is 0 Å². The van der Waals surface area contributed by atoms with Gasteiger partial charge in [-0.25, -0.2) is 9.97 Å². The van der Waals surface area contributed by atoms with Gasteiger partial charge in [-0.2, -0.15) is 9.98 Å². The number of pyridine rings is 2. The molecule has 0 N–H and O–H groups in total. The standard InChI is InChI=1S/2C13H7N3S2/c17-8-15-10-3-4-12-11(6-10)16-13(18-12)9-2-1-5-14-7-9;17-8-15-10-3-4-11-12(6-10)18-13(16-11)9-2-1-5-14-7-9/h2*1-7H. The van der Waals surface area contributed by atoms with E-state index in [1.54, 1.807) is 35.1 Å². The second-order valence-corrected chi connectivity index (χ2v) is 9.66. The van der Waals surface area contributed by atoms with Gasteiger partial charge in [-0.1, -0.05) is 0 Å². The first kappa shape index (κ1) is 23.8. The van der Waals surface area contributed by atoms with Crippen molar-refractivity contribution in [2.45, 2.75) is 0 Å². The summed E-state index contributed by atoms with van der Waals surface area (Å²) in [5, 5.41) is 6.65. The SMILES string of the molecule is S=C=Nc1ccc2nc(-c3cccnc3)sc2c1.S=C=Nc1ccc2sc(-c3cccnc3)nc2c1. The van der Waals surface area contributed by atoms with Gasteiger partial charge in [-0.05, 0) is 85.1 Å². The fourth-order valence-corrected chi connectivity index (χ4v) is 5.43. The van der Waals surface area contributed by atoms with Crippen molar-refractivity contribution in [3.63, 3.8) is 0 Å². The highest BCUT2D eigenvalue weighted by molar-refractivity contribution is 7.78. The van der Waals surface area contributed by atoms with Gasteiger partial charge in [0.05, 0.1) is 42.1 Å². The lowest BCUT2D eigenvalue weighted by Gasteiger charge is -1.91. The summed E-state index contributed by atoms with van der Waals surface area (Å²) in [5.41, 5.74) is 5.52. The zero-order valence-corrected chi connectivity index (χ0v) is 21.7. The number of thiocarbonyl (C=S) groups is 2. The Morgan fingerprint density at radius 2 is 1.22 bits per heavy atom. The average molecular weight is 539 g/mol. The Labute approximate surface area is 224 Å². The van der Waals surface area contributed by atoms with E-state index < -0.39 is 0 Å². The Kier molecular flexibility index (Phi) is 7.44.